The SMILES string of the molecule is CN1CN(C(Cc2ccc(Br)cc2)C(=O)NN)CSC1S. The fourth-order valence-electron chi connectivity index (χ4n) is 2.20. The zero-order chi connectivity index (χ0) is 15.4. The quantitative estimate of drug-likeness (QED) is 0.314. The number of hydrogen-bond donors (Lipinski definition) is 3. The zero-order valence-corrected chi connectivity index (χ0v) is 15.0. The second-order valence-corrected chi connectivity index (χ2v) is 7.76. The summed E-state index contributed by atoms with van der Waals surface area (Å²) >= 11 is 9.59. The minimum absolute atomic E-state index is 0.162. The van der Waals surface area contributed by atoms with Gasteiger partial charge in [0.1, 0.15) is 4.71 Å². The maximum atomic E-state index is 12.1. The Labute approximate surface area is 143 Å². The van der Waals surface area contributed by atoms with Crippen molar-refractivity contribution in [2.45, 2.75) is 17.2 Å². The summed E-state index contributed by atoms with van der Waals surface area (Å²) in [5.41, 5.74) is 3.39. The summed E-state index contributed by atoms with van der Waals surface area (Å²) in [6, 6.07) is 7.71. The van der Waals surface area contributed by atoms with Crippen molar-refractivity contribution in [2.24, 2.45) is 5.84 Å². The summed E-state index contributed by atoms with van der Waals surface area (Å²) in [5.74, 6) is 5.94. The Bertz CT molecular complexity index is 488. The van der Waals surface area contributed by atoms with Crippen LogP contribution in [0.15, 0.2) is 28.7 Å². The third kappa shape index (κ3) is 4.61. The number of nitrogens with one attached hydrogen (secondary N) is 1. The Hall–Kier alpha value is -0.250. The van der Waals surface area contributed by atoms with Crippen molar-refractivity contribution in [1.82, 2.24) is 15.2 Å². The van der Waals surface area contributed by atoms with E-state index in [-0.39, 0.29) is 16.7 Å². The van der Waals surface area contributed by atoms with E-state index in [4.69, 9.17) is 5.84 Å². The standard InChI is InChI=1S/C13H19BrN4OS2/c1-17-7-18(8-21-13(17)20)11(12(19)16-15)6-9-2-4-10(14)5-3-9/h2-5,11,13,20H,6-8,15H2,1H3,(H,16,19). The molecule has 1 aromatic rings. The first-order valence-corrected chi connectivity index (χ1v) is 8.86. The van der Waals surface area contributed by atoms with Crippen LogP contribution in [0.3, 0.4) is 0 Å². The number of rotatable bonds is 4. The van der Waals surface area contributed by atoms with Gasteiger partial charge in [0, 0.05) is 10.3 Å². The Morgan fingerprint density at radius 1 is 1.57 bits per heavy atom. The number of amides is 1. The molecule has 1 aliphatic rings. The highest BCUT2D eigenvalue weighted by Crippen LogP contribution is 2.27. The van der Waals surface area contributed by atoms with Crippen LogP contribution in [0.1, 0.15) is 5.56 Å². The van der Waals surface area contributed by atoms with Gasteiger partial charge >= 0.3 is 0 Å². The molecule has 1 heterocycles. The van der Waals surface area contributed by atoms with Crippen molar-refractivity contribution >= 4 is 46.2 Å². The topological polar surface area (TPSA) is 61.6 Å². The van der Waals surface area contributed by atoms with E-state index >= 15 is 0 Å². The van der Waals surface area contributed by atoms with Crippen molar-refractivity contribution in [3.05, 3.63) is 34.3 Å². The number of thiol groups is 1. The molecule has 0 aliphatic carbocycles. The third-order valence-corrected chi connectivity index (χ3v) is 5.91. The van der Waals surface area contributed by atoms with Gasteiger partial charge in [-0.3, -0.25) is 20.0 Å². The molecule has 116 valence electrons. The lowest BCUT2D eigenvalue weighted by Gasteiger charge is -2.40. The van der Waals surface area contributed by atoms with Crippen molar-refractivity contribution in [3.8, 4) is 0 Å². The molecule has 2 atom stereocenters. The van der Waals surface area contributed by atoms with Gasteiger partial charge in [-0.1, -0.05) is 28.1 Å². The summed E-state index contributed by atoms with van der Waals surface area (Å²) in [7, 11) is 1.99. The smallest absolute Gasteiger partial charge is 0.251 e. The molecule has 3 N–H and O–H groups in total. The predicted octanol–water partition coefficient (Wildman–Crippen LogP) is 1.46. The van der Waals surface area contributed by atoms with E-state index in [0.29, 0.717) is 13.1 Å². The third-order valence-electron chi connectivity index (χ3n) is 3.40. The maximum absolute atomic E-state index is 12.1. The molecule has 1 aliphatic heterocycles. The number of thioether (sulfide) groups is 1. The van der Waals surface area contributed by atoms with Crippen LogP contribution in [0.5, 0.6) is 0 Å². The van der Waals surface area contributed by atoms with Crippen LogP contribution in [0.25, 0.3) is 0 Å². The molecule has 2 unspecified atom stereocenters. The minimum Gasteiger partial charge on any atom is -0.293 e. The van der Waals surface area contributed by atoms with Crippen molar-refractivity contribution < 1.29 is 4.79 Å². The van der Waals surface area contributed by atoms with Gasteiger partial charge in [0.25, 0.3) is 5.91 Å². The number of halogens is 1. The molecule has 1 aromatic carbocycles. The van der Waals surface area contributed by atoms with Crippen molar-refractivity contribution in [1.29, 1.82) is 0 Å². The molecule has 5 nitrogen and oxygen atoms in total. The molecule has 0 bridgehead atoms. The second-order valence-electron chi connectivity index (χ2n) is 4.96. The van der Waals surface area contributed by atoms with Crippen LogP contribution < -0.4 is 11.3 Å². The first-order valence-electron chi connectivity index (χ1n) is 6.50. The molecule has 0 radical (unpaired) electrons. The minimum atomic E-state index is -0.285. The highest BCUT2D eigenvalue weighted by Gasteiger charge is 2.31. The summed E-state index contributed by atoms with van der Waals surface area (Å²) in [6.07, 6.45) is 0.627. The van der Waals surface area contributed by atoms with E-state index in [1.807, 2.05) is 31.3 Å². The van der Waals surface area contributed by atoms with Crippen LogP contribution in [0.2, 0.25) is 0 Å². The molecular weight excluding hydrogens is 372 g/mol. The van der Waals surface area contributed by atoms with Crippen LogP contribution in [-0.4, -0.2) is 46.0 Å². The number of hydrogen-bond acceptors (Lipinski definition) is 6. The number of benzene rings is 1. The van der Waals surface area contributed by atoms with Crippen LogP contribution in [0, 0.1) is 0 Å². The fraction of sp³-hybridized carbons (Fsp3) is 0.462. The van der Waals surface area contributed by atoms with E-state index < -0.39 is 0 Å². The number of nitrogens with two attached hydrogens (primary N) is 1. The van der Waals surface area contributed by atoms with Gasteiger partial charge in [0.05, 0.1) is 12.7 Å². The van der Waals surface area contributed by atoms with Crippen molar-refractivity contribution in [2.75, 3.05) is 19.6 Å². The molecule has 8 heteroatoms. The van der Waals surface area contributed by atoms with Gasteiger partial charge in [-0.2, -0.15) is 0 Å². The van der Waals surface area contributed by atoms with Gasteiger partial charge in [0.2, 0.25) is 0 Å². The number of hydrazine groups is 1. The first-order chi connectivity index (χ1) is 10.0. The lowest BCUT2D eigenvalue weighted by Crippen LogP contribution is -2.55. The van der Waals surface area contributed by atoms with Gasteiger partial charge in [-0.15, -0.1) is 24.4 Å². The molecule has 0 aromatic heterocycles. The van der Waals surface area contributed by atoms with E-state index in [9.17, 15) is 4.79 Å². The largest absolute Gasteiger partial charge is 0.293 e. The maximum Gasteiger partial charge on any atom is 0.251 e. The van der Waals surface area contributed by atoms with Crippen LogP contribution >= 0.6 is 40.3 Å². The molecule has 2 rings (SSSR count). The Kier molecular flexibility index (Phi) is 6.39. The normalized spacial score (nSPS) is 22.0. The Balaban J connectivity index is 2.11. The number of nitrogens with zero attached hydrogens (tertiary/aromatic N) is 2. The Morgan fingerprint density at radius 3 is 2.81 bits per heavy atom. The van der Waals surface area contributed by atoms with Crippen molar-refractivity contribution in [3.63, 3.8) is 0 Å². The summed E-state index contributed by atoms with van der Waals surface area (Å²) in [4.78, 5) is 16.3. The van der Waals surface area contributed by atoms with Gasteiger partial charge in [0.15, 0.2) is 0 Å². The average Bonchev–Trinajstić information content (AvgIpc) is 2.49. The Morgan fingerprint density at radius 2 is 2.24 bits per heavy atom. The van der Waals surface area contributed by atoms with Crippen LogP contribution in [0.4, 0.5) is 0 Å². The second kappa shape index (κ2) is 7.85. The lowest BCUT2D eigenvalue weighted by molar-refractivity contribution is -0.127. The van der Waals surface area contributed by atoms with Crippen LogP contribution in [-0.2, 0) is 11.2 Å². The molecule has 21 heavy (non-hydrogen) atoms. The molecule has 1 fully saturated rings. The van der Waals surface area contributed by atoms with E-state index in [2.05, 4.69) is 43.8 Å². The summed E-state index contributed by atoms with van der Waals surface area (Å²) < 4.78 is 1.19. The molecule has 0 saturated carbocycles. The summed E-state index contributed by atoms with van der Waals surface area (Å²) in [5, 5.41) is 0. The van der Waals surface area contributed by atoms with E-state index in [1.54, 1.807) is 11.8 Å². The van der Waals surface area contributed by atoms with E-state index in [1.165, 1.54) is 0 Å². The molecule has 1 amide bonds. The zero-order valence-electron chi connectivity index (χ0n) is 11.7. The van der Waals surface area contributed by atoms with Gasteiger partial charge in [-0.25, -0.2) is 5.84 Å². The monoisotopic (exact) mass is 390 g/mol. The fourth-order valence-corrected chi connectivity index (χ4v) is 3.65. The lowest BCUT2D eigenvalue weighted by atomic mass is 10.0. The predicted molar refractivity (Wildman–Crippen MR) is 93.7 cm³/mol. The van der Waals surface area contributed by atoms with Gasteiger partial charge in [-0.05, 0) is 31.2 Å². The molecule has 1 saturated heterocycles. The van der Waals surface area contributed by atoms with Gasteiger partial charge < -0.3 is 0 Å². The highest BCUT2D eigenvalue weighted by atomic mass is 79.9. The number of carbonyl (C=O) groups is 1. The number of carbonyl (C=O) groups excluding carboxylic acids is 1. The first kappa shape index (κ1) is 17.1. The summed E-state index contributed by atoms with van der Waals surface area (Å²) in [6.45, 7) is 0.690. The average molecular weight is 391 g/mol. The molecule has 0 spiro atoms. The van der Waals surface area contributed by atoms with E-state index in [0.717, 1.165) is 15.9 Å². The molecular formula is C13H19BrN4OS2. The highest BCUT2D eigenvalue weighted by molar-refractivity contribution is 9.10.